The van der Waals surface area contributed by atoms with Crippen molar-refractivity contribution in [2.45, 2.75) is 6.54 Å². The molecule has 0 aliphatic rings. The molecular weight excluding hydrogens is 420 g/mol. The first-order chi connectivity index (χ1) is 10.1. The maximum absolute atomic E-state index is 12.8. The molecule has 3 N–H and O–H groups in total. The smallest absolute Gasteiger partial charge is 0.193 e. The van der Waals surface area contributed by atoms with Gasteiger partial charge in [0.2, 0.25) is 0 Å². The highest BCUT2D eigenvalue weighted by Crippen LogP contribution is 2.27. The summed E-state index contributed by atoms with van der Waals surface area (Å²) in [6, 6.07) is 11.3. The highest BCUT2D eigenvalue weighted by molar-refractivity contribution is 14.0. The van der Waals surface area contributed by atoms with E-state index in [0.29, 0.717) is 23.0 Å². The van der Waals surface area contributed by atoms with E-state index in [4.69, 9.17) is 22.1 Å². The molecule has 0 aliphatic carbocycles. The predicted molar refractivity (Wildman–Crippen MR) is 98.8 cm³/mol. The summed E-state index contributed by atoms with van der Waals surface area (Å²) in [6.07, 6.45) is 0. The predicted octanol–water partition coefficient (Wildman–Crippen LogP) is 4.03. The fourth-order valence-corrected chi connectivity index (χ4v) is 1.96. The highest BCUT2D eigenvalue weighted by Gasteiger charge is 2.02. The molecule has 0 aliphatic heterocycles. The summed E-state index contributed by atoms with van der Waals surface area (Å²) in [5, 5.41) is 3.41. The second kappa shape index (κ2) is 8.79. The van der Waals surface area contributed by atoms with Crippen molar-refractivity contribution >= 4 is 47.2 Å². The number of nitrogens with one attached hydrogen (secondary N) is 1. The molecule has 118 valence electrons. The number of guanidine groups is 1. The SMILES string of the molecule is COc1ccc(NC(N)=NCc2ccc(F)cc2)cc1Cl.I. The molecule has 0 fully saturated rings. The Hall–Kier alpha value is -1.54. The number of methoxy groups -OCH3 is 1. The molecule has 0 aromatic heterocycles. The lowest BCUT2D eigenvalue weighted by molar-refractivity contribution is 0.415. The third kappa shape index (κ3) is 5.34. The third-order valence-corrected chi connectivity index (χ3v) is 3.06. The zero-order valence-electron chi connectivity index (χ0n) is 11.8. The Balaban J connectivity index is 0.00000242. The van der Waals surface area contributed by atoms with Crippen LogP contribution in [-0.2, 0) is 6.54 Å². The second-order valence-corrected chi connectivity index (χ2v) is 4.71. The normalized spacial score (nSPS) is 10.8. The van der Waals surface area contributed by atoms with E-state index < -0.39 is 0 Å². The van der Waals surface area contributed by atoms with Gasteiger partial charge in [0.15, 0.2) is 5.96 Å². The summed E-state index contributed by atoms with van der Waals surface area (Å²) in [7, 11) is 1.55. The Morgan fingerprint density at radius 1 is 1.27 bits per heavy atom. The second-order valence-electron chi connectivity index (χ2n) is 4.30. The Morgan fingerprint density at radius 3 is 2.55 bits per heavy atom. The molecule has 0 radical (unpaired) electrons. The lowest BCUT2D eigenvalue weighted by Crippen LogP contribution is -2.22. The van der Waals surface area contributed by atoms with Crippen molar-refractivity contribution in [2.75, 3.05) is 12.4 Å². The fraction of sp³-hybridized carbons (Fsp3) is 0.133. The maximum atomic E-state index is 12.8. The van der Waals surface area contributed by atoms with Gasteiger partial charge in [-0.25, -0.2) is 9.38 Å². The Bertz CT molecular complexity index is 650. The van der Waals surface area contributed by atoms with E-state index in [9.17, 15) is 4.39 Å². The molecular formula is C15H16ClFIN3O. The molecule has 0 atom stereocenters. The van der Waals surface area contributed by atoms with Gasteiger partial charge >= 0.3 is 0 Å². The van der Waals surface area contributed by atoms with Gasteiger partial charge in [-0.1, -0.05) is 23.7 Å². The van der Waals surface area contributed by atoms with Crippen LogP contribution in [0.1, 0.15) is 5.56 Å². The van der Waals surface area contributed by atoms with Crippen LogP contribution in [0.3, 0.4) is 0 Å². The average Bonchev–Trinajstić information content (AvgIpc) is 2.47. The summed E-state index contributed by atoms with van der Waals surface area (Å²) < 4.78 is 17.8. The van der Waals surface area contributed by atoms with Crippen molar-refractivity contribution < 1.29 is 9.13 Å². The molecule has 0 unspecified atom stereocenters. The van der Waals surface area contributed by atoms with Crippen molar-refractivity contribution in [2.24, 2.45) is 10.7 Å². The molecule has 7 heteroatoms. The molecule has 0 spiro atoms. The monoisotopic (exact) mass is 435 g/mol. The maximum Gasteiger partial charge on any atom is 0.193 e. The number of ether oxygens (including phenoxy) is 1. The first kappa shape index (κ1) is 18.5. The van der Waals surface area contributed by atoms with Crippen LogP contribution in [0.15, 0.2) is 47.5 Å². The summed E-state index contributed by atoms with van der Waals surface area (Å²) in [4.78, 5) is 4.18. The molecule has 0 amide bonds. The van der Waals surface area contributed by atoms with Crippen molar-refractivity contribution in [3.8, 4) is 5.75 Å². The van der Waals surface area contributed by atoms with Gasteiger partial charge in [-0.05, 0) is 35.9 Å². The van der Waals surface area contributed by atoms with Crippen molar-refractivity contribution in [1.29, 1.82) is 0 Å². The van der Waals surface area contributed by atoms with E-state index in [1.165, 1.54) is 12.1 Å². The number of hydrogen-bond acceptors (Lipinski definition) is 2. The van der Waals surface area contributed by atoms with E-state index in [1.54, 1.807) is 37.4 Å². The van der Waals surface area contributed by atoms with Crippen LogP contribution >= 0.6 is 35.6 Å². The standard InChI is InChI=1S/C15H15ClFN3O.HI/c1-21-14-7-6-12(8-13(14)16)20-15(18)19-9-10-2-4-11(17)5-3-10;/h2-8H,9H2,1H3,(H3,18,19,20);1H. The fourth-order valence-electron chi connectivity index (χ4n) is 1.70. The van der Waals surface area contributed by atoms with Gasteiger partial charge in [-0.2, -0.15) is 0 Å². The highest BCUT2D eigenvalue weighted by atomic mass is 127. The minimum atomic E-state index is -0.276. The minimum absolute atomic E-state index is 0. The molecule has 2 rings (SSSR count). The van der Waals surface area contributed by atoms with Gasteiger partial charge in [0.25, 0.3) is 0 Å². The average molecular weight is 436 g/mol. The van der Waals surface area contributed by atoms with Gasteiger partial charge in [0.1, 0.15) is 11.6 Å². The Morgan fingerprint density at radius 2 is 1.95 bits per heavy atom. The number of nitrogens with two attached hydrogens (primary N) is 1. The van der Waals surface area contributed by atoms with Gasteiger partial charge in [0.05, 0.1) is 18.7 Å². The van der Waals surface area contributed by atoms with Crippen LogP contribution in [0, 0.1) is 5.82 Å². The van der Waals surface area contributed by atoms with E-state index in [-0.39, 0.29) is 35.8 Å². The molecule has 2 aromatic rings. The first-order valence-electron chi connectivity index (χ1n) is 6.23. The number of benzene rings is 2. The van der Waals surface area contributed by atoms with Crippen molar-refractivity contribution in [3.63, 3.8) is 0 Å². The minimum Gasteiger partial charge on any atom is -0.495 e. The van der Waals surface area contributed by atoms with Crippen LogP contribution in [-0.4, -0.2) is 13.1 Å². The van der Waals surface area contributed by atoms with Gasteiger partial charge in [-0.3, -0.25) is 0 Å². The number of aliphatic imine (C=N–C) groups is 1. The number of rotatable bonds is 4. The third-order valence-electron chi connectivity index (χ3n) is 2.77. The summed E-state index contributed by atoms with van der Waals surface area (Å²) in [5.41, 5.74) is 7.37. The largest absolute Gasteiger partial charge is 0.495 e. The van der Waals surface area contributed by atoms with Crippen LogP contribution < -0.4 is 15.8 Å². The summed E-state index contributed by atoms with van der Waals surface area (Å²) in [5.74, 6) is 0.561. The van der Waals surface area contributed by atoms with Gasteiger partial charge in [0, 0.05) is 5.69 Å². The summed E-state index contributed by atoms with van der Waals surface area (Å²) >= 11 is 6.02. The van der Waals surface area contributed by atoms with E-state index in [2.05, 4.69) is 10.3 Å². The molecule has 0 saturated carbocycles. The topological polar surface area (TPSA) is 59.6 Å². The lowest BCUT2D eigenvalue weighted by atomic mass is 10.2. The Kier molecular flexibility index (Phi) is 7.40. The molecule has 0 bridgehead atoms. The lowest BCUT2D eigenvalue weighted by Gasteiger charge is -2.08. The van der Waals surface area contributed by atoms with Crippen LogP contribution in [0.4, 0.5) is 10.1 Å². The molecule has 0 heterocycles. The number of anilines is 1. The van der Waals surface area contributed by atoms with Crippen LogP contribution in [0.5, 0.6) is 5.75 Å². The quantitative estimate of drug-likeness (QED) is 0.433. The molecule has 22 heavy (non-hydrogen) atoms. The zero-order chi connectivity index (χ0) is 15.2. The zero-order valence-corrected chi connectivity index (χ0v) is 14.9. The molecule has 4 nitrogen and oxygen atoms in total. The van der Waals surface area contributed by atoms with E-state index in [0.717, 1.165) is 5.56 Å². The van der Waals surface area contributed by atoms with E-state index in [1.807, 2.05) is 0 Å². The van der Waals surface area contributed by atoms with Gasteiger partial charge in [-0.15, -0.1) is 24.0 Å². The van der Waals surface area contributed by atoms with E-state index >= 15 is 0 Å². The van der Waals surface area contributed by atoms with Gasteiger partial charge < -0.3 is 15.8 Å². The Labute approximate surface area is 150 Å². The summed E-state index contributed by atoms with van der Waals surface area (Å²) in [6.45, 7) is 0.364. The van der Waals surface area contributed by atoms with Crippen LogP contribution in [0.2, 0.25) is 5.02 Å². The first-order valence-corrected chi connectivity index (χ1v) is 6.61. The number of hydrogen-bond donors (Lipinski definition) is 2. The van der Waals surface area contributed by atoms with Crippen LogP contribution in [0.25, 0.3) is 0 Å². The number of halogens is 3. The van der Waals surface area contributed by atoms with Crippen molar-refractivity contribution in [1.82, 2.24) is 0 Å². The molecule has 0 saturated heterocycles. The van der Waals surface area contributed by atoms with Crippen molar-refractivity contribution in [3.05, 3.63) is 58.9 Å². The number of nitrogens with zero attached hydrogens (tertiary/aromatic N) is 1. The molecule has 2 aromatic carbocycles.